The summed E-state index contributed by atoms with van der Waals surface area (Å²) in [5.74, 6) is 0.287. The Morgan fingerprint density at radius 3 is 2.84 bits per heavy atom. The van der Waals surface area contributed by atoms with Crippen LogP contribution >= 0.6 is 23.4 Å². The fraction of sp³-hybridized carbons (Fsp3) is 0.107. The summed E-state index contributed by atoms with van der Waals surface area (Å²) in [5, 5.41) is 17.4. The van der Waals surface area contributed by atoms with Gasteiger partial charge in [0.25, 0.3) is 5.91 Å². The lowest BCUT2D eigenvalue weighted by atomic mass is 10.1. The topological polar surface area (TPSA) is 95.9 Å². The fourth-order valence-electron chi connectivity index (χ4n) is 4.30. The van der Waals surface area contributed by atoms with Crippen molar-refractivity contribution in [2.24, 2.45) is 10.1 Å². The van der Waals surface area contributed by atoms with Crippen molar-refractivity contribution in [3.05, 3.63) is 100 Å². The molecule has 1 N–H and O–H groups in total. The zero-order valence-corrected chi connectivity index (χ0v) is 21.8. The van der Waals surface area contributed by atoms with Crippen LogP contribution in [0.5, 0.6) is 5.75 Å². The maximum atomic E-state index is 13.0. The monoisotopic (exact) mass is 540 g/mol. The lowest BCUT2D eigenvalue weighted by molar-refractivity contribution is -0.114. The van der Waals surface area contributed by atoms with Gasteiger partial charge in [-0.25, -0.2) is 0 Å². The number of benzene rings is 2. The van der Waals surface area contributed by atoms with E-state index < -0.39 is 5.91 Å². The Morgan fingerprint density at radius 2 is 2.03 bits per heavy atom. The molecule has 6 rings (SSSR count). The minimum atomic E-state index is -0.463. The number of hydrazone groups is 1. The predicted molar refractivity (Wildman–Crippen MR) is 152 cm³/mol. The van der Waals surface area contributed by atoms with Gasteiger partial charge in [-0.3, -0.25) is 15.2 Å². The third kappa shape index (κ3) is 4.51. The van der Waals surface area contributed by atoms with Crippen molar-refractivity contribution in [1.82, 2.24) is 14.6 Å². The molecule has 38 heavy (non-hydrogen) atoms. The molecule has 0 aliphatic carbocycles. The van der Waals surface area contributed by atoms with Gasteiger partial charge in [0.2, 0.25) is 5.17 Å². The Balaban J connectivity index is 1.27. The number of amides is 1. The summed E-state index contributed by atoms with van der Waals surface area (Å²) in [6, 6.07) is 17.2. The third-order valence-electron chi connectivity index (χ3n) is 6.21. The van der Waals surface area contributed by atoms with Crippen LogP contribution in [0.15, 0.2) is 88.9 Å². The van der Waals surface area contributed by atoms with E-state index in [2.05, 4.69) is 19.6 Å². The number of hydrogen-bond acceptors (Lipinski definition) is 6. The van der Waals surface area contributed by atoms with E-state index in [0.29, 0.717) is 28.4 Å². The molecule has 8 nitrogen and oxygen atoms in total. The van der Waals surface area contributed by atoms with Gasteiger partial charge in [-0.2, -0.15) is 15.1 Å². The summed E-state index contributed by atoms with van der Waals surface area (Å²) in [6.45, 7) is 2.99. The van der Waals surface area contributed by atoms with E-state index in [-0.39, 0.29) is 11.4 Å². The molecule has 0 fully saturated rings. The zero-order valence-electron chi connectivity index (χ0n) is 20.3. The number of hydrogen-bond donors (Lipinski definition) is 1. The molecular weight excluding hydrogens is 520 g/mol. The molecule has 2 aliphatic rings. The van der Waals surface area contributed by atoms with Crippen LogP contribution in [-0.2, 0) is 11.3 Å². The Kier molecular flexibility index (Phi) is 6.30. The largest absolute Gasteiger partial charge is 0.492 e. The number of halogens is 1. The number of pyridine rings is 1. The number of amidine groups is 2. The summed E-state index contributed by atoms with van der Waals surface area (Å²) < 4.78 is 8.04. The van der Waals surface area contributed by atoms with Crippen molar-refractivity contribution in [1.29, 1.82) is 5.41 Å². The van der Waals surface area contributed by atoms with Crippen molar-refractivity contribution >= 4 is 62.3 Å². The Labute approximate surface area is 227 Å². The number of carbonyl (C=O) groups excluding carboxylic acids is 1. The van der Waals surface area contributed by atoms with Gasteiger partial charge >= 0.3 is 0 Å². The van der Waals surface area contributed by atoms with Crippen LogP contribution < -0.4 is 4.74 Å². The van der Waals surface area contributed by atoms with Gasteiger partial charge < -0.3 is 9.30 Å². The van der Waals surface area contributed by atoms with Gasteiger partial charge in [0.05, 0.1) is 12.1 Å². The van der Waals surface area contributed by atoms with Crippen molar-refractivity contribution in [3.63, 3.8) is 0 Å². The van der Waals surface area contributed by atoms with Gasteiger partial charge in [-0.1, -0.05) is 29.8 Å². The van der Waals surface area contributed by atoms with Crippen molar-refractivity contribution in [2.45, 2.75) is 13.5 Å². The van der Waals surface area contributed by atoms with E-state index in [1.54, 1.807) is 18.5 Å². The molecule has 4 aromatic rings. The molecule has 188 valence electrons. The first-order valence-electron chi connectivity index (χ1n) is 11.9. The standard InChI is InChI=1S/C28H21ClN6O2S/c1-17-13-20(8-9-23(17)29)37-12-11-34-16-19(21-6-2-3-7-24(21)34)14-22-25(30)35-28(32-26(22)36)38-27(33-35)18-5-4-10-31-15-18/h2-10,13-16,30H,11-12H2,1H3/b22-14-,30-25?. The number of aryl methyl sites for hydroxylation is 1. The predicted octanol–water partition coefficient (Wildman–Crippen LogP) is 5.74. The second kappa shape index (κ2) is 9.92. The van der Waals surface area contributed by atoms with Crippen LogP contribution in [0, 0.1) is 12.3 Å². The number of aliphatic imine (C=N–C) groups is 1. The highest BCUT2D eigenvalue weighted by Crippen LogP contribution is 2.32. The van der Waals surface area contributed by atoms with Gasteiger partial charge in [0.15, 0.2) is 5.84 Å². The van der Waals surface area contributed by atoms with Crippen LogP contribution in [0.1, 0.15) is 16.7 Å². The minimum Gasteiger partial charge on any atom is -0.492 e. The number of nitrogens with one attached hydrogen (secondary N) is 1. The summed E-state index contributed by atoms with van der Waals surface area (Å²) in [7, 11) is 0. The number of carbonyl (C=O) groups is 1. The van der Waals surface area contributed by atoms with E-state index in [0.717, 1.165) is 33.3 Å². The van der Waals surface area contributed by atoms with Gasteiger partial charge in [0, 0.05) is 45.6 Å². The van der Waals surface area contributed by atoms with E-state index in [9.17, 15) is 4.79 Å². The first-order chi connectivity index (χ1) is 18.5. The average molecular weight is 541 g/mol. The summed E-state index contributed by atoms with van der Waals surface area (Å²) >= 11 is 7.37. The Hall–Kier alpha value is -4.21. The number of thioether (sulfide) groups is 1. The number of para-hydroxylation sites is 1. The van der Waals surface area contributed by atoms with Crippen LogP contribution in [0.25, 0.3) is 17.0 Å². The first kappa shape index (κ1) is 24.1. The van der Waals surface area contributed by atoms with Gasteiger partial charge in [0.1, 0.15) is 17.4 Å². The molecule has 0 spiro atoms. The molecule has 2 aromatic carbocycles. The lowest BCUT2D eigenvalue weighted by Gasteiger charge is -2.20. The van der Waals surface area contributed by atoms with Crippen molar-refractivity contribution in [2.75, 3.05) is 6.61 Å². The highest BCUT2D eigenvalue weighted by Gasteiger charge is 2.36. The minimum absolute atomic E-state index is 0.00957. The molecule has 2 aromatic heterocycles. The summed E-state index contributed by atoms with van der Waals surface area (Å²) in [6.07, 6.45) is 7.06. The smallest absolute Gasteiger partial charge is 0.283 e. The molecule has 0 atom stereocenters. The average Bonchev–Trinajstić information content (AvgIpc) is 3.51. The molecule has 10 heteroatoms. The second-order valence-electron chi connectivity index (χ2n) is 8.72. The quantitative estimate of drug-likeness (QED) is 0.314. The van der Waals surface area contributed by atoms with Crippen LogP contribution in [0.4, 0.5) is 0 Å². The Bertz CT molecular complexity index is 1690. The molecule has 0 radical (unpaired) electrons. The molecule has 4 heterocycles. The van der Waals surface area contributed by atoms with E-state index in [1.807, 2.05) is 67.7 Å². The first-order valence-corrected chi connectivity index (χ1v) is 13.0. The zero-order chi connectivity index (χ0) is 26.2. The van der Waals surface area contributed by atoms with Crippen molar-refractivity contribution < 1.29 is 9.53 Å². The maximum absolute atomic E-state index is 13.0. The summed E-state index contributed by atoms with van der Waals surface area (Å²) in [4.78, 5) is 21.3. The molecule has 0 bridgehead atoms. The molecule has 1 amide bonds. The number of fused-ring (bicyclic) bond motifs is 2. The van der Waals surface area contributed by atoms with Crippen LogP contribution in [-0.4, -0.2) is 43.1 Å². The van der Waals surface area contributed by atoms with Gasteiger partial charge in [-0.05, 0) is 66.7 Å². The molecule has 0 unspecified atom stereocenters. The second-order valence-corrected chi connectivity index (χ2v) is 10.1. The number of ether oxygens (including phenoxy) is 1. The summed E-state index contributed by atoms with van der Waals surface area (Å²) in [5.41, 5.74) is 3.77. The third-order valence-corrected chi connectivity index (χ3v) is 7.59. The Morgan fingerprint density at radius 1 is 1.16 bits per heavy atom. The van der Waals surface area contributed by atoms with E-state index >= 15 is 0 Å². The SMILES string of the molecule is Cc1cc(OCCn2cc(/C=C3/C(=N)N4N=C(c5cccnc5)SC4=NC3=O)c3ccccc32)ccc1Cl. The van der Waals surface area contributed by atoms with Gasteiger partial charge in [-0.15, -0.1) is 0 Å². The maximum Gasteiger partial charge on any atom is 0.283 e. The number of aromatic nitrogens is 2. The molecule has 0 saturated carbocycles. The number of nitrogens with zero attached hydrogens (tertiary/aromatic N) is 5. The fourth-order valence-corrected chi connectivity index (χ4v) is 5.30. The molecule has 0 saturated heterocycles. The van der Waals surface area contributed by atoms with Crippen LogP contribution in [0.2, 0.25) is 5.02 Å². The van der Waals surface area contributed by atoms with E-state index in [1.165, 1.54) is 16.8 Å². The van der Waals surface area contributed by atoms with E-state index in [4.69, 9.17) is 21.7 Å². The highest BCUT2D eigenvalue weighted by molar-refractivity contribution is 8.27. The van der Waals surface area contributed by atoms with Crippen molar-refractivity contribution in [3.8, 4) is 5.75 Å². The molecular formula is C28H21ClN6O2S. The normalized spacial score (nSPS) is 16.2. The lowest BCUT2D eigenvalue weighted by Crippen LogP contribution is -2.35. The highest BCUT2D eigenvalue weighted by atomic mass is 35.5. The molecule has 2 aliphatic heterocycles. The number of rotatable bonds is 6. The van der Waals surface area contributed by atoms with Crippen LogP contribution in [0.3, 0.4) is 0 Å².